The van der Waals surface area contributed by atoms with Gasteiger partial charge in [-0.25, -0.2) is 4.99 Å². The third kappa shape index (κ3) is 4.45. The zero-order valence-corrected chi connectivity index (χ0v) is 16.1. The number of aliphatic imine (C=N–C) groups is 1. The van der Waals surface area contributed by atoms with E-state index in [2.05, 4.69) is 20.8 Å². The van der Waals surface area contributed by atoms with Gasteiger partial charge in [0.1, 0.15) is 0 Å². The average Bonchev–Trinajstić information content (AvgIpc) is 2.67. The van der Waals surface area contributed by atoms with E-state index >= 15 is 0 Å². The molecule has 1 heterocycles. The van der Waals surface area contributed by atoms with Gasteiger partial charge >= 0.3 is 0 Å². The molecule has 0 aromatic heterocycles. The van der Waals surface area contributed by atoms with Crippen molar-refractivity contribution in [1.82, 2.24) is 5.43 Å². The number of amidine groups is 1. The Morgan fingerprint density at radius 1 is 1.31 bits per heavy atom. The number of hydrazone groups is 1. The molecule has 0 bridgehead atoms. The molecule has 0 unspecified atom stereocenters. The predicted octanol–water partition coefficient (Wildman–Crippen LogP) is 4.73. The molecule has 0 saturated carbocycles. The summed E-state index contributed by atoms with van der Waals surface area (Å²) in [5.41, 5.74) is 7.53. The molecule has 5 nitrogen and oxygen atoms in total. The Balaban J connectivity index is 1.70. The fourth-order valence-electron chi connectivity index (χ4n) is 2.34. The first-order valence-corrected chi connectivity index (χ1v) is 9.62. The lowest BCUT2D eigenvalue weighted by atomic mass is 10.1. The topological polar surface area (TPSA) is 65.8 Å². The average molecular weight is 387 g/mol. The van der Waals surface area contributed by atoms with E-state index in [1.165, 1.54) is 0 Å². The SMILES string of the molecule is CCC(=O)Nc1ccc(C2=NNC(=Nc3cccc(Cl)c3C)SC2)cc1. The van der Waals surface area contributed by atoms with E-state index in [0.29, 0.717) is 17.2 Å². The van der Waals surface area contributed by atoms with Crippen molar-refractivity contribution in [2.45, 2.75) is 20.3 Å². The Bertz CT molecular complexity index is 878. The lowest BCUT2D eigenvalue weighted by Crippen LogP contribution is -2.25. The number of carbonyl (C=O) groups excluding carboxylic acids is 1. The molecule has 1 aliphatic heterocycles. The fourth-order valence-corrected chi connectivity index (χ4v) is 3.29. The summed E-state index contributed by atoms with van der Waals surface area (Å²) in [6, 6.07) is 13.3. The number of benzene rings is 2. The van der Waals surface area contributed by atoms with E-state index in [1.807, 2.05) is 56.3 Å². The minimum atomic E-state index is 0.00198. The van der Waals surface area contributed by atoms with Crippen LogP contribution in [0.1, 0.15) is 24.5 Å². The summed E-state index contributed by atoms with van der Waals surface area (Å²) in [6.07, 6.45) is 0.462. The number of rotatable bonds is 4. The van der Waals surface area contributed by atoms with E-state index in [0.717, 1.165) is 33.4 Å². The lowest BCUT2D eigenvalue weighted by Gasteiger charge is -2.15. The maximum Gasteiger partial charge on any atom is 0.224 e. The molecule has 1 amide bonds. The minimum Gasteiger partial charge on any atom is -0.326 e. The maximum atomic E-state index is 11.4. The highest BCUT2D eigenvalue weighted by Crippen LogP contribution is 2.27. The van der Waals surface area contributed by atoms with Gasteiger partial charge in [0, 0.05) is 22.9 Å². The first-order valence-electron chi connectivity index (χ1n) is 8.26. The molecule has 0 radical (unpaired) electrons. The van der Waals surface area contributed by atoms with Crippen LogP contribution >= 0.6 is 23.4 Å². The molecule has 0 atom stereocenters. The Hall–Kier alpha value is -2.31. The normalized spacial score (nSPS) is 15.3. The number of hydrogen-bond acceptors (Lipinski definition) is 4. The summed E-state index contributed by atoms with van der Waals surface area (Å²) in [6.45, 7) is 3.77. The lowest BCUT2D eigenvalue weighted by molar-refractivity contribution is -0.115. The van der Waals surface area contributed by atoms with Crippen molar-refractivity contribution in [3.63, 3.8) is 0 Å². The number of halogens is 1. The number of thioether (sulfide) groups is 1. The van der Waals surface area contributed by atoms with E-state index < -0.39 is 0 Å². The Morgan fingerprint density at radius 2 is 2.08 bits per heavy atom. The summed E-state index contributed by atoms with van der Waals surface area (Å²) >= 11 is 7.73. The molecule has 2 aromatic carbocycles. The van der Waals surface area contributed by atoms with Gasteiger partial charge in [0.2, 0.25) is 5.91 Å². The molecule has 0 saturated heterocycles. The standard InChI is InChI=1S/C19H19ClN4OS/c1-3-18(25)21-14-9-7-13(8-10-14)17-11-26-19(24-23-17)22-16-6-4-5-15(20)12(16)2/h4-10H,3,11H2,1-2H3,(H,21,25)(H,22,24). The number of hydrogen-bond donors (Lipinski definition) is 2. The second kappa shape index (κ2) is 8.38. The number of anilines is 1. The van der Waals surface area contributed by atoms with Crippen molar-refractivity contribution in [2.24, 2.45) is 10.1 Å². The Kier molecular flexibility index (Phi) is 5.96. The van der Waals surface area contributed by atoms with Gasteiger partial charge in [-0.1, -0.05) is 48.5 Å². The highest BCUT2D eigenvalue weighted by atomic mass is 35.5. The van der Waals surface area contributed by atoms with Gasteiger partial charge in [0.05, 0.1) is 11.4 Å². The largest absolute Gasteiger partial charge is 0.326 e. The summed E-state index contributed by atoms with van der Waals surface area (Å²) < 4.78 is 0. The summed E-state index contributed by atoms with van der Waals surface area (Å²) in [5.74, 6) is 0.716. The van der Waals surface area contributed by atoms with Crippen LogP contribution in [0.25, 0.3) is 0 Å². The molecule has 1 aliphatic rings. The molecule has 7 heteroatoms. The Morgan fingerprint density at radius 3 is 2.73 bits per heavy atom. The van der Waals surface area contributed by atoms with Crippen LogP contribution in [-0.4, -0.2) is 22.5 Å². The van der Waals surface area contributed by atoms with Crippen LogP contribution < -0.4 is 10.7 Å². The van der Waals surface area contributed by atoms with Crippen LogP contribution in [0.15, 0.2) is 52.6 Å². The van der Waals surface area contributed by atoms with Crippen LogP contribution in [0.4, 0.5) is 11.4 Å². The van der Waals surface area contributed by atoms with Gasteiger partial charge in [-0.2, -0.15) is 5.10 Å². The van der Waals surface area contributed by atoms with E-state index in [9.17, 15) is 4.79 Å². The Labute approximate surface area is 161 Å². The van der Waals surface area contributed by atoms with Crippen LogP contribution in [0, 0.1) is 6.92 Å². The van der Waals surface area contributed by atoms with Crippen LogP contribution in [0.2, 0.25) is 5.02 Å². The van der Waals surface area contributed by atoms with Crippen LogP contribution in [0.5, 0.6) is 0 Å². The molecule has 2 N–H and O–H groups in total. The second-order valence-electron chi connectivity index (χ2n) is 5.74. The third-order valence-electron chi connectivity index (χ3n) is 3.92. The zero-order chi connectivity index (χ0) is 18.5. The summed E-state index contributed by atoms with van der Waals surface area (Å²) in [4.78, 5) is 16.0. The van der Waals surface area contributed by atoms with Crippen molar-refractivity contribution in [2.75, 3.05) is 11.1 Å². The molecule has 2 aromatic rings. The van der Waals surface area contributed by atoms with Gasteiger partial charge in [-0.05, 0) is 42.3 Å². The second-order valence-corrected chi connectivity index (χ2v) is 7.11. The van der Waals surface area contributed by atoms with Gasteiger partial charge < -0.3 is 5.32 Å². The molecule has 0 spiro atoms. The van der Waals surface area contributed by atoms with Crippen LogP contribution in [-0.2, 0) is 4.79 Å². The summed E-state index contributed by atoms with van der Waals surface area (Å²) in [7, 11) is 0. The highest BCUT2D eigenvalue weighted by molar-refractivity contribution is 8.14. The monoisotopic (exact) mass is 386 g/mol. The number of amides is 1. The van der Waals surface area contributed by atoms with Crippen molar-refractivity contribution in [1.29, 1.82) is 0 Å². The van der Waals surface area contributed by atoms with Crippen LogP contribution in [0.3, 0.4) is 0 Å². The third-order valence-corrected chi connectivity index (χ3v) is 5.20. The molecule has 134 valence electrons. The molecular weight excluding hydrogens is 368 g/mol. The zero-order valence-electron chi connectivity index (χ0n) is 14.5. The van der Waals surface area contributed by atoms with Crippen molar-refractivity contribution < 1.29 is 4.79 Å². The van der Waals surface area contributed by atoms with Gasteiger partial charge in [-0.3, -0.25) is 10.2 Å². The minimum absolute atomic E-state index is 0.00198. The number of carbonyl (C=O) groups is 1. The van der Waals surface area contributed by atoms with E-state index in [-0.39, 0.29) is 5.91 Å². The van der Waals surface area contributed by atoms with E-state index in [1.54, 1.807) is 11.8 Å². The van der Waals surface area contributed by atoms with E-state index in [4.69, 9.17) is 11.6 Å². The number of nitrogens with zero attached hydrogens (tertiary/aromatic N) is 2. The quantitative estimate of drug-likeness (QED) is 0.798. The molecule has 3 rings (SSSR count). The van der Waals surface area contributed by atoms with Crippen molar-refractivity contribution in [3.05, 3.63) is 58.6 Å². The molecular formula is C19H19ClN4OS. The smallest absolute Gasteiger partial charge is 0.224 e. The predicted molar refractivity (Wildman–Crippen MR) is 111 cm³/mol. The molecule has 26 heavy (non-hydrogen) atoms. The molecule has 0 aliphatic carbocycles. The number of nitrogens with one attached hydrogen (secondary N) is 2. The summed E-state index contributed by atoms with van der Waals surface area (Å²) in [5, 5.41) is 8.71. The van der Waals surface area contributed by atoms with Crippen molar-refractivity contribution >= 4 is 51.5 Å². The molecule has 0 fully saturated rings. The van der Waals surface area contributed by atoms with Gasteiger partial charge in [0.15, 0.2) is 5.17 Å². The fraction of sp³-hybridized carbons (Fsp3) is 0.211. The first kappa shape index (κ1) is 18.5. The maximum absolute atomic E-state index is 11.4. The van der Waals surface area contributed by atoms with Gasteiger partial charge in [-0.15, -0.1) is 0 Å². The highest BCUT2D eigenvalue weighted by Gasteiger charge is 2.14. The van der Waals surface area contributed by atoms with Gasteiger partial charge in [0.25, 0.3) is 0 Å². The first-order chi connectivity index (χ1) is 12.6. The van der Waals surface area contributed by atoms with Crippen molar-refractivity contribution in [3.8, 4) is 0 Å².